The van der Waals surface area contributed by atoms with E-state index in [1.807, 2.05) is 36.4 Å². The van der Waals surface area contributed by atoms with Crippen molar-refractivity contribution < 1.29 is 56.1 Å². The van der Waals surface area contributed by atoms with E-state index >= 15 is 0 Å². The Morgan fingerprint density at radius 2 is 2.04 bits per heavy atom. The quantitative estimate of drug-likeness (QED) is 0.612. The summed E-state index contributed by atoms with van der Waals surface area (Å²) >= 11 is 1.26. The van der Waals surface area contributed by atoms with Crippen molar-refractivity contribution in [2.75, 3.05) is 25.1 Å². The molecular formula is C19H24KN3OS. The first kappa shape index (κ1) is 21.1. The van der Waals surface area contributed by atoms with Gasteiger partial charge in [0.05, 0.1) is 12.8 Å². The van der Waals surface area contributed by atoms with Crippen molar-refractivity contribution in [2.45, 2.75) is 30.2 Å². The third kappa shape index (κ3) is 5.63. The fraction of sp³-hybridized carbons (Fsp3) is 0.368. The molecule has 2 aromatic rings. The number of ether oxygens (including phenoxy) is 1. The van der Waals surface area contributed by atoms with Crippen LogP contribution in [0, 0.1) is 0 Å². The molecule has 0 spiro atoms. The average molecular weight is 382 g/mol. The molecule has 1 unspecified atom stereocenters. The molecule has 0 amide bonds. The van der Waals surface area contributed by atoms with E-state index in [9.17, 15) is 0 Å². The van der Waals surface area contributed by atoms with Crippen LogP contribution in [0.4, 0.5) is 11.4 Å². The average Bonchev–Trinajstić information content (AvgIpc) is 2.66. The van der Waals surface area contributed by atoms with Gasteiger partial charge in [-0.15, -0.1) is 12.2 Å². The summed E-state index contributed by atoms with van der Waals surface area (Å²) in [4.78, 5) is 3.49. The Morgan fingerprint density at radius 3 is 2.84 bits per heavy atom. The minimum Gasteiger partial charge on any atom is -0.683 e. The van der Waals surface area contributed by atoms with E-state index in [0.717, 1.165) is 35.8 Å². The Morgan fingerprint density at radius 1 is 1.20 bits per heavy atom. The van der Waals surface area contributed by atoms with Crippen LogP contribution in [0.25, 0.3) is 5.32 Å². The number of methoxy groups -OCH3 is 1. The summed E-state index contributed by atoms with van der Waals surface area (Å²) in [5.41, 5.74) is 2.17. The van der Waals surface area contributed by atoms with E-state index in [4.69, 9.17) is 15.2 Å². The van der Waals surface area contributed by atoms with E-state index in [2.05, 4.69) is 17.0 Å². The van der Waals surface area contributed by atoms with Crippen molar-refractivity contribution in [3.8, 4) is 5.75 Å². The summed E-state index contributed by atoms with van der Waals surface area (Å²) in [5.74, 6) is 0.936. The summed E-state index contributed by atoms with van der Waals surface area (Å²) in [7, 11) is 1.73. The number of hydrogen-bond donors (Lipinski definition) is 1. The van der Waals surface area contributed by atoms with Gasteiger partial charge in [0.25, 0.3) is 0 Å². The molecule has 6 heteroatoms. The summed E-state index contributed by atoms with van der Waals surface area (Å²) in [6.45, 7) is 1.84. The van der Waals surface area contributed by atoms with Crippen molar-refractivity contribution >= 4 is 23.3 Å². The Bertz CT molecular complexity index is 671. The molecule has 0 aromatic heterocycles. The van der Waals surface area contributed by atoms with Gasteiger partial charge in [0.1, 0.15) is 5.75 Å². The minimum absolute atomic E-state index is 0. The summed E-state index contributed by atoms with van der Waals surface area (Å²) in [6.07, 6.45) is 3.63. The molecule has 0 saturated carbocycles. The van der Waals surface area contributed by atoms with Gasteiger partial charge in [-0.05, 0) is 49.4 Å². The standard InChI is InChI=1S/C19H24N3OS.K/c1-23-19-11-3-2-10-18(19)22-12-5-4-8-16(22)14-21-15-7-6-9-17(13-15)24-20;/h2-3,6-7,9-11,13,16H,4-5,8,12,14,20H2,1H3;/q-1;+1. The predicted molar refractivity (Wildman–Crippen MR) is 102 cm³/mol. The number of para-hydroxylation sites is 2. The second-order valence-electron chi connectivity index (χ2n) is 5.97. The molecule has 2 N–H and O–H groups in total. The van der Waals surface area contributed by atoms with Gasteiger partial charge in [0, 0.05) is 17.5 Å². The number of piperidine rings is 1. The van der Waals surface area contributed by atoms with Crippen LogP contribution >= 0.6 is 11.9 Å². The van der Waals surface area contributed by atoms with Crippen molar-refractivity contribution in [2.24, 2.45) is 5.14 Å². The van der Waals surface area contributed by atoms with E-state index < -0.39 is 0 Å². The zero-order chi connectivity index (χ0) is 16.8. The monoisotopic (exact) mass is 381 g/mol. The van der Waals surface area contributed by atoms with Gasteiger partial charge in [-0.25, -0.2) is 0 Å². The third-order valence-electron chi connectivity index (χ3n) is 4.46. The molecule has 4 nitrogen and oxygen atoms in total. The van der Waals surface area contributed by atoms with Crippen LogP contribution in [0.2, 0.25) is 0 Å². The molecule has 128 valence electrons. The molecule has 1 atom stereocenters. The number of benzene rings is 2. The van der Waals surface area contributed by atoms with Crippen molar-refractivity contribution in [3.63, 3.8) is 0 Å². The molecule has 0 aliphatic carbocycles. The van der Waals surface area contributed by atoms with Crippen molar-refractivity contribution in [3.05, 3.63) is 53.8 Å². The molecule has 1 fully saturated rings. The molecule has 1 aliphatic heterocycles. The second-order valence-corrected chi connectivity index (χ2v) is 6.68. The zero-order valence-electron chi connectivity index (χ0n) is 15.0. The van der Waals surface area contributed by atoms with Crippen LogP contribution in [-0.4, -0.2) is 26.2 Å². The van der Waals surface area contributed by atoms with Crippen LogP contribution in [0.15, 0.2) is 53.4 Å². The van der Waals surface area contributed by atoms with E-state index in [-0.39, 0.29) is 51.4 Å². The first-order chi connectivity index (χ1) is 11.8. The van der Waals surface area contributed by atoms with Gasteiger partial charge in [0.2, 0.25) is 0 Å². The van der Waals surface area contributed by atoms with Gasteiger partial charge < -0.3 is 15.0 Å². The van der Waals surface area contributed by atoms with Crippen molar-refractivity contribution in [1.29, 1.82) is 0 Å². The van der Waals surface area contributed by atoms with E-state index in [1.54, 1.807) is 7.11 Å². The van der Waals surface area contributed by atoms with Gasteiger partial charge in [0.15, 0.2) is 0 Å². The molecule has 3 rings (SSSR count). The Hall–Kier alpha value is -0.214. The number of rotatable bonds is 6. The predicted octanol–water partition coefficient (Wildman–Crippen LogP) is 1.73. The first-order valence-corrected chi connectivity index (χ1v) is 9.23. The maximum Gasteiger partial charge on any atom is 1.00 e. The first-order valence-electron chi connectivity index (χ1n) is 8.36. The van der Waals surface area contributed by atoms with Crippen LogP contribution in [-0.2, 0) is 0 Å². The topological polar surface area (TPSA) is 52.6 Å². The molecule has 1 heterocycles. The van der Waals surface area contributed by atoms with Gasteiger partial charge in [-0.2, -0.15) is 0 Å². The molecular weight excluding hydrogens is 357 g/mol. The number of hydrogen-bond acceptors (Lipinski definition) is 4. The Balaban J connectivity index is 0.00000225. The van der Waals surface area contributed by atoms with E-state index in [1.165, 1.54) is 30.5 Å². The van der Waals surface area contributed by atoms with E-state index in [0.29, 0.717) is 6.04 Å². The molecule has 0 radical (unpaired) electrons. The molecule has 2 aromatic carbocycles. The summed E-state index contributed by atoms with van der Waals surface area (Å²) < 4.78 is 5.55. The Kier molecular flexibility index (Phi) is 9.13. The maximum atomic E-state index is 5.64. The number of nitrogens with zero attached hydrogens (tertiary/aromatic N) is 2. The SMILES string of the molecule is COc1ccccc1N1CCCCC1C[N-]c1cccc(SN)c1.[K+]. The number of anilines is 1. The molecule has 0 bridgehead atoms. The molecule has 1 saturated heterocycles. The van der Waals surface area contributed by atoms with Gasteiger partial charge in [-0.3, -0.25) is 5.14 Å². The minimum atomic E-state index is 0. The Labute approximate surface area is 197 Å². The zero-order valence-corrected chi connectivity index (χ0v) is 19.0. The second kappa shape index (κ2) is 10.8. The van der Waals surface area contributed by atoms with Crippen LogP contribution in [0.3, 0.4) is 0 Å². The molecule has 25 heavy (non-hydrogen) atoms. The molecule has 1 aliphatic rings. The summed E-state index contributed by atoms with van der Waals surface area (Å²) in [6, 6.07) is 16.8. The number of nitrogens with two attached hydrogens (primary N) is 1. The smallest absolute Gasteiger partial charge is 0.683 e. The fourth-order valence-electron chi connectivity index (χ4n) is 3.24. The van der Waals surface area contributed by atoms with Crippen LogP contribution in [0.5, 0.6) is 5.75 Å². The third-order valence-corrected chi connectivity index (χ3v) is 4.99. The fourth-order valence-corrected chi connectivity index (χ4v) is 3.59. The summed E-state index contributed by atoms with van der Waals surface area (Å²) in [5, 5.41) is 10.5. The van der Waals surface area contributed by atoms with Crippen LogP contribution in [0.1, 0.15) is 19.3 Å². The largest absolute Gasteiger partial charge is 1.00 e. The van der Waals surface area contributed by atoms with Gasteiger partial charge >= 0.3 is 51.4 Å². The van der Waals surface area contributed by atoms with Crippen molar-refractivity contribution in [1.82, 2.24) is 0 Å². The maximum absolute atomic E-state index is 5.64. The van der Waals surface area contributed by atoms with Crippen LogP contribution < -0.4 is 66.2 Å². The normalized spacial score (nSPS) is 16.9. The van der Waals surface area contributed by atoms with Gasteiger partial charge in [-0.1, -0.05) is 30.3 Å².